The highest BCUT2D eigenvalue weighted by molar-refractivity contribution is 7.09. The molecule has 1 aromatic heterocycles. The fraction of sp³-hybridized carbons (Fsp3) is 0.609. The van der Waals surface area contributed by atoms with Crippen molar-refractivity contribution in [2.45, 2.75) is 72.1 Å². The van der Waals surface area contributed by atoms with Crippen molar-refractivity contribution in [1.29, 1.82) is 0 Å². The lowest BCUT2D eigenvalue weighted by molar-refractivity contribution is -0.120. The Morgan fingerprint density at radius 2 is 1.79 bits per heavy atom. The third-order valence-electron chi connectivity index (χ3n) is 4.95. The van der Waals surface area contributed by atoms with Gasteiger partial charge in [-0.15, -0.1) is 0 Å². The molecule has 5 nitrogen and oxygen atoms in total. The van der Waals surface area contributed by atoms with Crippen LogP contribution in [0.25, 0.3) is 0 Å². The first-order valence-electron chi connectivity index (χ1n) is 11.0. The summed E-state index contributed by atoms with van der Waals surface area (Å²) in [5.41, 5.74) is 2.48. The Morgan fingerprint density at radius 1 is 1.03 bits per heavy atom. The van der Waals surface area contributed by atoms with Crippen molar-refractivity contribution in [2.24, 2.45) is 0 Å². The Hall–Kier alpha value is -1.95. The minimum atomic E-state index is 0.132. The molecule has 1 heterocycles. The second-order valence-electron chi connectivity index (χ2n) is 7.66. The maximum absolute atomic E-state index is 12.2. The van der Waals surface area contributed by atoms with Gasteiger partial charge in [-0.05, 0) is 25.3 Å². The third kappa shape index (κ3) is 8.94. The molecule has 2 rings (SSSR count). The fourth-order valence-corrected chi connectivity index (χ4v) is 3.83. The number of rotatable bonds is 14. The lowest BCUT2D eigenvalue weighted by atomic mass is 10.1. The first-order valence-corrected chi connectivity index (χ1v) is 11.8. The number of hydrogen-bond donors (Lipinski definition) is 1. The van der Waals surface area contributed by atoms with Gasteiger partial charge < -0.3 is 10.2 Å². The number of nitrogens with one attached hydrogen (secondary N) is 1. The van der Waals surface area contributed by atoms with Gasteiger partial charge in [0.1, 0.15) is 5.82 Å². The molecular weight excluding hydrogens is 380 g/mol. The summed E-state index contributed by atoms with van der Waals surface area (Å²) in [5.74, 6) is 0.989. The Labute approximate surface area is 180 Å². The second kappa shape index (κ2) is 13.3. The van der Waals surface area contributed by atoms with Crippen LogP contribution >= 0.6 is 11.5 Å². The van der Waals surface area contributed by atoms with Crippen molar-refractivity contribution in [2.75, 3.05) is 24.5 Å². The fourth-order valence-electron chi connectivity index (χ4n) is 3.09. The minimum Gasteiger partial charge on any atom is -0.356 e. The first-order chi connectivity index (χ1) is 14.1. The highest BCUT2D eigenvalue weighted by Gasteiger charge is 2.14. The molecule has 0 fully saturated rings. The summed E-state index contributed by atoms with van der Waals surface area (Å²) in [5, 5.41) is 3.98. The number of amides is 1. The molecule has 1 amide bonds. The van der Waals surface area contributed by atoms with E-state index in [1.54, 1.807) is 0 Å². The molecule has 6 heteroatoms. The van der Waals surface area contributed by atoms with Crippen LogP contribution in [-0.4, -0.2) is 34.9 Å². The van der Waals surface area contributed by atoms with Gasteiger partial charge >= 0.3 is 0 Å². The molecule has 1 N–H and O–H groups in total. The normalized spacial score (nSPS) is 10.9. The number of carbonyl (C=O) groups is 1. The molecular formula is C23H36N4OS. The molecule has 0 atom stereocenters. The summed E-state index contributed by atoms with van der Waals surface area (Å²) in [6, 6.07) is 8.51. The van der Waals surface area contributed by atoms with E-state index >= 15 is 0 Å². The number of anilines is 1. The van der Waals surface area contributed by atoms with Crippen LogP contribution in [-0.2, 0) is 11.2 Å². The highest BCUT2D eigenvalue weighted by Crippen LogP contribution is 2.20. The molecule has 0 aliphatic rings. The van der Waals surface area contributed by atoms with Gasteiger partial charge in [-0.25, -0.2) is 4.98 Å². The lowest BCUT2D eigenvalue weighted by Gasteiger charge is -2.20. The molecule has 0 spiro atoms. The van der Waals surface area contributed by atoms with Crippen LogP contribution in [0.3, 0.4) is 0 Å². The lowest BCUT2D eigenvalue weighted by Crippen LogP contribution is -2.32. The van der Waals surface area contributed by atoms with Crippen molar-refractivity contribution in [3.63, 3.8) is 0 Å². The maximum Gasteiger partial charge on any atom is 0.221 e. The van der Waals surface area contributed by atoms with Crippen LogP contribution in [0.4, 0.5) is 5.13 Å². The van der Waals surface area contributed by atoms with E-state index in [1.165, 1.54) is 41.9 Å². The van der Waals surface area contributed by atoms with Crippen molar-refractivity contribution >= 4 is 22.6 Å². The number of hydrogen-bond acceptors (Lipinski definition) is 5. The average molecular weight is 417 g/mol. The standard InChI is InChI=1S/C23H36N4OS/c1-4-6-8-9-15-24-22(28)14-17-27(16-7-5-2)23-25-21(26-29-23)18-20-12-10-19(3)11-13-20/h10-13H,4-9,14-18H2,1-3H3,(H,24,28). The van der Waals surface area contributed by atoms with E-state index in [2.05, 4.69) is 59.6 Å². The molecule has 0 saturated heterocycles. The summed E-state index contributed by atoms with van der Waals surface area (Å²) >= 11 is 1.44. The zero-order valence-corrected chi connectivity index (χ0v) is 19.1. The van der Waals surface area contributed by atoms with Crippen LogP contribution in [0.15, 0.2) is 24.3 Å². The molecule has 0 aliphatic heterocycles. The van der Waals surface area contributed by atoms with Crippen LogP contribution in [0, 0.1) is 6.92 Å². The SMILES string of the molecule is CCCCCCNC(=O)CCN(CCCC)c1nc(Cc2ccc(C)cc2)ns1. The van der Waals surface area contributed by atoms with E-state index in [0.717, 1.165) is 49.7 Å². The van der Waals surface area contributed by atoms with Crippen molar-refractivity contribution in [3.8, 4) is 0 Å². The van der Waals surface area contributed by atoms with E-state index in [-0.39, 0.29) is 5.91 Å². The van der Waals surface area contributed by atoms with Crippen molar-refractivity contribution in [3.05, 3.63) is 41.2 Å². The van der Waals surface area contributed by atoms with E-state index in [0.29, 0.717) is 13.0 Å². The molecule has 2 aromatic rings. The van der Waals surface area contributed by atoms with Gasteiger partial charge in [0.2, 0.25) is 11.0 Å². The zero-order valence-electron chi connectivity index (χ0n) is 18.2. The topological polar surface area (TPSA) is 58.1 Å². The Morgan fingerprint density at radius 3 is 2.52 bits per heavy atom. The van der Waals surface area contributed by atoms with Gasteiger partial charge in [0.05, 0.1) is 0 Å². The van der Waals surface area contributed by atoms with Gasteiger partial charge in [0, 0.05) is 44.0 Å². The quantitative estimate of drug-likeness (QED) is 0.434. The van der Waals surface area contributed by atoms with Gasteiger partial charge in [-0.1, -0.05) is 69.4 Å². The number of aryl methyl sites for hydroxylation is 1. The molecule has 0 saturated carbocycles. The van der Waals surface area contributed by atoms with E-state index in [1.807, 2.05) is 0 Å². The van der Waals surface area contributed by atoms with E-state index < -0.39 is 0 Å². The molecule has 0 radical (unpaired) electrons. The molecule has 0 aliphatic carbocycles. The maximum atomic E-state index is 12.2. The number of benzene rings is 1. The Balaban J connectivity index is 1.86. The van der Waals surface area contributed by atoms with Gasteiger partial charge in [-0.3, -0.25) is 4.79 Å². The summed E-state index contributed by atoms with van der Waals surface area (Å²) in [6.45, 7) is 8.87. The average Bonchev–Trinajstić information content (AvgIpc) is 3.18. The van der Waals surface area contributed by atoms with Crippen LogP contribution in [0.1, 0.15) is 75.7 Å². The molecule has 0 unspecified atom stereocenters. The second-order valence-corrected chi connectivity index (χ2v) is 8.39. The molecule has 160 valence electrons. The summed E-state index contributed by atoms with van der Waals surface area (Å²) in [7, 11) is 0. The number of nitrogens with zero attached hydrogens (tertiary/aromatic N) is 3. The Kier molecular flexibility index (Phi) is 10.7. The Bertz CT molecular complexity index is 714. The monoisotopic (exact) mass is 416 g/mol. The first kappa shape index (κ1) is 23.3. The van der Waals surface area contributed by atoms with Crippen molar-refractivity contribution in [1.82, 2.24) is 14.7 Å². The number of aromatic nitrogens is 2. The number of carbonyl (C=O) groups excluding carboxylic acids is 1. The minimum absolute atomic E-state index is 0.132. The molecule has 0 bridgehead atoms. The van der Waals surface area contributed by atoms with Crippen LogP contribution < -0.4 is 10.2 Å². The predicted molar refractivity (Wildman–Crippen MR) is 123 cm³/mol. The smallest absolute Gasteiger partial charge is 0.221 e. The van der Waals surface area contributed by atoms with Gasteiger partial charge in [-0.2, -0.15) is 4.37 Å². The largest absolute Gasteiger partial charge is 0.356 e. The van der Waals surface area contributed by atoms with Crippen LogP contribution in [0.5, 0.6) is 0 Å². The predicted octanol–water partition coefficient (Wildman–Crippen LogP) is 5.13. The highest BCUT2D eigenvalue weighted by atomic mass is 32.1. The van der Waals surface area contributed by atoms with E-state index in [9.17, 15) is 4.79 Å². The number of unbranched alkanes of at least 4 members (excludes halogenated alkanes) is 4. The molecule has 1 aromatic carbocycles. The molecule has 29 heavy (non-hydrogen) atoms. The van der Waals surface area contributed by atoms with Crippen LogP contribution in [0.2, 0.25) is 0 Å². The summed E-state index contributed by atoms with van der Waals surface area (Å²) in [6.07, 6.45) is 8.17. The summed E-state index contributed by atoms with van der Waals surface area (Å²) in [4.78, 5) is 19.2. The van der Waals surface area contributed by atoms with Gasteiger partial charge in [0.25, 0.3) is 0 Å². The van der Waals surface area contributed by atoms with E-state index in [4.69, 9.17) is 4.98 Å². The zero-order chi connectivity index (χ0) is 20.9. The van der Waals surface area contributed by atoms with Crippen molar-refractivity contribution < 1.29 is 4.79 Å². The van der Waals surface area contributed by atoms with Gasteiger partial charge in [0.15, 0.2) is 0 Å². The summed E-state index contributed by atoms with van der Waals surface area (Å²) < 4.78 is 4.56. The third-order valence-corrected chi connectivity index (χ3v) is 5.77.